The van der Waals surface area contributed by atoms with Gasteiger partial charge in [0.1, 0.15) is 16.9 Å². The Hall–Kier alpha value is -1.56. The number of ether oxygens (including phenoxy) is 1. The van der Waals surface area contributed by atoms with Gasteiger partial charge in [0, 0.05) is 23.3 Å². The van der Waals surface area contributed by atoms with Gasteiger partial charge in [0.2, 0.25) is 0 Å². The molecular weight excluding hydrogens is 348 g/mol. The molecule has 1 amide bonds. The van der Waals surface area contributed by atoms with Crippen LogP contribution in [0.25, 0.3) is 11.1 Å². The van der Waals surface area contributed by atoms with Gasteiger partial charge in [0.15, 0.2) is 5.58 Å². The molecule has 2 aromatic heterocycles. The molecule has 0 aliphatic carbocycles. The molecule has 1 saturated heterocycles. The zero-order chi connectivity index (χ0) is 15.9. The van der Waals surface area contributed by atoms with Crippen molar-refractivity contribution in [3.05, 3.63) is 28.6 Å². The van der Waals surface area contributed by atoms with Crippen LogP contribution in [-0.2, 0) is 4.74 Å². The van der Waals surface area contributed by atoms with Gasteiger partial charge in [-0.25, -0.2) is 4.79 Å². The third-order valence-corrected chi connectivity index (χ3v) is 4.00. The predicted octanol–water partition coefficient (Wildman–Crippen LogP) is 4.66. The summed E-state index contributed by atoms with van der Waals surface area (Å²) in [5, 5.41) is 0. The molecule has 6 heteroatoms. The van der Waals surface area contributed by atoms with E-state index in [1.54, 1.807) is 11.1 Å². The first-order valence-electron chi connectivity index (χ1n) is 7.38. The lowest BCUT2D eigenvalue weighted by Crippen LogP contribution is -2.36. The molecule has 22 heavy (non-hydrogen) atoms. The number of hydrogen-bond acceptors (Lipinski definition) is 4. The van der Waals surface area contributed by atoms with E-state index in [1.165, 1.54) is 0 Å². The monoisotopic (exact) mass is 366 g/mol. The maximum atomic E-state index is 12.4. The zero-order valence-electron chi connectivity index (χ0n) is 12.9. The fourth-order valence-electron chi connectivity index (χ4n) is 2.68. The molecular formula is C16H19BrN2O3. The highest BCUT2D eigenvalue weighted by molar-refractivity contribution is 9.10. The SMILES string of the molecule is CC(C)(C)OC(=O)N1CCC[C@H]1c1cc2ncc(Br)cc2o1. The second-order valence-corrected chi connectivity index (χ2v) is 7.43. The van der Waals surface area contributed by atoms with Crippen LogP contribution in [0.4, 0.5) is 4.79 Å². The zero-order valence-corrected chi connectivity index (χ0v) is 14.5. The number of nitrogens with zero attached hydrogens (tertiary/aromatic N) is 2. The van der Waals surface area contributed by atoms with E-state index in [1.807, 2.05) is 32.9 Å². The minimum absolute atomic E-state index is 0.0807. The Morgan fingerprint density at radius 3 is 2.95 bits per heavy atom. The summed E-state index contributed by atoms with van der Waals surface area (Å²) in [6, 6.07) is 3.72. The standard InChI is InChI=1S/C16H19BrN2O3/c1-16(2,3)22-15(20)19-6-4-5-12(19)14-8-11-13(21-14)7-10(17)9-18-11/h7-9,12H,4-6H2,1-3H3/t12-/m0/s1. The number of likely N-dealkylation sites (tertiary alicyclic amines) is 1. The molecule has 0 saturated carbocycles. The summed E-state index contributed by atoms with van der Waals surface area (Å²) in [5.41, 5.74) is 1.03. The van der Waals surface area contributed by atoms with E-state index in [0.29, 0.717) is 6.54 Å². The van der Waals surface area contributed by atoms with Gasteiger partial charge >= 0.3 is 6.09 Å². The topological polar surface area (TPSA) is 55.6 Å². The van der Waals surface area contributed by atoms with E-state index in [4.69, 9.17) is 9.15 Å². The molecule has 1 atom stereocenters. The lowest BCUT2D eigenvalue weighted by atomic mass is 10.1. The van der Waals surface area contributed by atoms with Crippen molar-refractivity contribution >= 4 is 33.1 Å². The van der Waals surface area contributed by atoms with Gasteiger partial charge < -0.3 is 9.15 Å². The first kappa shape index (κ1) is 15.3. The fourth-order valence-corrected chi connectivity index (χ4v) is 2.99. The largest absolute Gasteiger partial charge is 0.457 e. The van der Waals surface area contributed by atoms with Crippen LogP contribution in [0.5, 0.6) is 0 Å². The number of aromatic nitrogens is 1. The van der Waals surface area contributed by atoms with Crippen molar-refractivity contribution in [1.29, 1.82) is 0 Å². The summed E-state index contributed by atoms with van der Waals surface area (Å²) in [6.07, 6.45) is 3.27. The van der Waals surface area contributed by atoms with Gasteiger partial charge in [0.05, 0.1) is 6.04 Å². The van der Waals surface area contributed by atoms with Gasteiger partial charge in [-0.2, -0.15) is 0 Å². The Bertz CT molecular complexity index is 705. The van der Waals surface area contributed by atoms with E-state index >= 15 is 0 Å². The average molecular weight is 367 g/mol. The van der Waals surface area contributed by atoms with E-state index in [0.717, 1.165) is 34.2 Å². The van der Waals surface area contributed by atoms with Gasteiger partial charge in [-0.15, -0.1) is 0 Å². The van der Waals surface area contributed by atoms with Crippen molar-refractivity contribution in [3.63, 3.8) is 0 Å². The summed E-state index contributed by atoms with van der Waals surface area (Å²) in [4.78, 5) is 18.4. The highest BCUT2D eigenvalue weighted by Crippen LogP contribution is 2.36. The number of hydrogen-bond donors (Lipinski definition) is 0. The van der Waals surface area contributed by atoms with E-state index in [-0.39, 0.29) is 12.1 Å². The van der Waals surface area contributed by atoms with Crippen molar-refractivity contribution in [1.82, 2.24) is 9.88 Å². The Kier molecular flexibility index (Phi) is 3.89. The summed E-state index contributed by atoms with van der Waals surface area (Å²) in [5.74, 6) is 0.768. The minimum Gasteiger partial charge on any atom is -0.457 e. The third-order valence-electron chi connectivity index (χ3n) is 3.56. The van der Waals surface area contributed by atoms with Gasteiger partial charge in [-0.3, -0.25) is 9.88 Å². The second-order valence-electron chi connectivity index (χ2n) is 6.52. The van der Waals surface area contributed by atoms with Gasteiger partial charge in [-0.1, -0.05) is 0 Å². The number of halogens is 1. The molecule has 1 aliphatic rings. The highest BCUT2D eigenvalue weighted by Gasteiger charge is 2.35. The van der Waals surface area contributed by atoms with Crippen LogP contribution in [0.2, 0.25) is 0 Å². The molecule has 0 spiro atoms. The van der Waals surface area contributed by atoms with E-state index in [9.17, 15) is 4.79 Å². The number of rotatable bonds is 1. The molecule has 5 nitrogen and oxygen atoms in total. The molecule has 0 unspecified atom stereocenters. The molecule has 3 heterocycles. The summed E-state index contributed by atoms with van der Waals surface area (Å²) >= 11 is 3.39. The van der Waals surface area contributed by atoms with Crippen LogP contribution in [0.3, 0.4) is 0 Å². The van der Waals surface area contributed by atoms with Crippen molar-refractivity contribution in [2.75, 3.05) is 6.54 Å². The van der Waals surface area contributed by atoms with Crippen molar-refractivity contribution in [3.8, 4) is 0 Å². The lowest BCUT2D eigenvalue weighted by Gasteiger charge is -2.27. The van der Waals surface area contributed by atoms with Crippen LogP contribution < -0.4 is 0 Å². The van der Waals surface area contributed by atoms with Crippen LogP contribution in [0.1, 0.15) is 45.4 Å². The maximum absolute atomic E-state index is 12.4. The number of carbonyl (C=O) groups excluding carboxylic acids is 1. The normalized spacial score (nSPS) is 18.9. The molecule has 1 fully saturated rings. The molecule has 118 valence electrons. The third kappa shape index (κ3) is 3.11. The van der Waals surface area contributed by atoms with E-state index in [2.05, 4.69) is 20.9 Å². The van der Waals surface area contributed by atoms with Crippen molar-refractivity contribution in [2.24, 2.45) is 0 Å². The molecule has 0 aromatic carbocycles. The summed E-state index contributed by atoms with van der Waals surface area (Å²) in [7, 11) is 0. The summed E-state index contributed by atoms with van der Waals surface area (Å²) in [6.45, 7) is 6.31. The molecule has 0 bridgehead atoms. The minimum atomic E-state index is -0.496. The molecule has 3 rings (SSSR count). The Morgan fingerprint density at radius 2 is 2.23 bits per heavy atom. The van der Waals surface area contributed by atoms with E-state index < -0.39 is 5.60 Å². The number of pyridine rings is 1. The highest BCUT2D eigenvalue weighted by atomic mass is 79.9. The molecule has 1 aliphatic heterocycles. The molecule has 2 aromatic rings. The number of amides is 1. The average Bonchev–Trinajstić information content (AvgIpc) is 3.01. The quantitative estimate of drug-likeness (QED) is 0.736. The Labute approximate surface area is 137 Å². The van der Waals surface area contributed by atoms with Crippen molar-refractivity contribution in [2.45, 2.75) is 45.3 Å². The summed E-state index contributed by atoms with van der Waals surface area (Å²) < 4.78 is 12.3. The molecule has 0 radical (unpaired) electrons. The van der Waals surface area contributed by atoms with Crippen LogP contribution in [-0.4, -0.2) is 28.1 Å². The number of fused-ring (bicyclic) bond motifs is 1. The predicted molar refractivity (Wildman–Crippen MR) is 86.6 cm³/mol. The van der Waals surface area contributed by atoms with Crippen LogP contribution >= 0.6 is 15.9 Å². The lowest BCUT2D eigenvalue weighted by molar-refractivity contribution is 0.0209. The maximum Gasteiger partial charge on any atom is 0.410 e. The first-order valence-corrected chi connectivity index (χ1v) is 8.17. The fraction of sp³-hybridized carbons (Fsp3) is 0.500. The number of furan rings is 1. The smallest absolute Gasteiger partial charge is 0.410 e. The van der Waals surface area contributed by atoms with Crippen LogP contribution in [0, 0.1) is 0 Å². The van der Waals surface area contributed by atoms with Gasteiger partial charge in [0.25, 0.3) is 0 Å². The first-order chi connectivity index (χ1) is 10.3. The Balaban J connectivity index is 1.86. The Morgan fingerprint density at radius 1 is 1.45 bits per heavy atom. The van der Waals surface area contributed by atoms with Crippen molar-refractivity contribution < 1.29 is 13.9 Å². The number of carbonyl (C=O) groups is 1. The van der Waals surface area contributed by atoms with Gasteiger partial charge in [-0.05, 0) is 55.6 Å². The molecule has 0 N–H and O–H groups in total. The van der Waals surface area contributed by atoms with Crippen LogP contribution in [0.15, 0.2) is 27.2 Å². The second kappa shape index (κ2) is 5.57.